The number of unbranched alkanes of at least 4 members (excludes halogenated alkanes) is 2. The van der Waals surface area contributed by atoms with E-state index in [0.717, 1.165) is 6.42 Å². The number of hydrogen-bond acceptors (Lipinski definition) is 4. The van der Waals surface area contributed by atoms with Gasteiger partial charge in [-0.15, -0.1) is 0 Å². The normalized spacial score (nSPS) is 13.6. The number of carbonyl (C=O) groups excluding carboxylic acids is 3. The Morgan fingerprint density at radius 1 is 1.05 bits per heavy atom. The van der Waals surface area contributed by atoms with Crippen molar-refractivity contribution in [1.29, 1.82) is 0 Å². The van der Waals surface area contributed by atoms with Gasteiger partial charge in [-0.05, 0) is 25.0 Å². The Labute approximate surface area is 125 Å². The van der Waals surface area contributed by atoms with E-state index in [9.17, 15) is 14.4 Å². The Morgan fingerprint density at radius 3 is 2.20 bits per heavy atom. The quantitative estimate of drug-likeness (QED) is 0.590. The molecule has 0 fully saturated rings. The molecule has 0 radical (unpaired) electrons. The van der Waals surface area contributed by atoms with Crippen molar-refractivity contribution in [1.82, 2.24) is 4.90 Å². The topological polar surface area (TPSA) is 63.7 Å². The van der Waals surface area contributed by atoms with E-state index in [-0.39, 0.29) is 17.8 Å². The summed E-state index contributed by atoms with van der Waals surface area (Å²) in [7, 11) is 0. The van der Waals surface area contributed by atoms with Gasteiger partial charge in [0.05, 0.1) is 11.1 Å². The van der Waals surface area contributed by atoms with Gasteiger partial charge in [-0.2, -0.15) is 0 Å². The van der Waals surface area contributed by atoms with Gasteiger partial charge in [-0.25, -0.2) is 0 Å². The van der Waals surface area contributed by atoms with E-state index in [2.05, 4.69) is 20.1 Å². The Bertz CT molecular complexity index is 509. The molecule has 0 aromatic heterocycles. The van der Waals surface area contributed by atoms with Gasteiger partial charge in [0, 0.05) is 13.0 Å². The van der Waals surface area contributed by atoms with Gasteiger partial charge in [0.1, 0.15) is 0 Å². The van der Waals surface area contributed by atoms with Gasteiger partial charge >= 0.3 is 5.97 Å². The average molecular weight is 340 g/mol. The molecule has 0 atom stereocenters. The fourth-order valence-electron chi connectivity index (χ4n) is 2.20. The molecule has 2 amide bonds. The van der Waals surface area contributed by atoms with Crippen molar-refractivity contribution >= 4 is 34.0 Å². The summed E-state index contributed by atoms with van der Waals surface area (Å²) < 4.78 is 4.36. The SMILES string of the molecule is O=C(CCCCCN1C(=O)c2ccccc2C1=O)OBr. The lowest BCUT2D eigenvalue weighted by Gasteiger charge is -2.13. The second-order valence-electron chi connectivity index (χ2n) is 4.57. The van der Waals surface area contributed by atoms with Crippen molar-refractivity contribution in [2.45, 2.75) is 25.7 Å². The van der Waals surface area contributed by atoms with Crippen LogP contribution in [0.15, 0.2) is 24.3 Å². The third kappa shape index (κ3) is 3.07. The molecular weight excluding hydrogens is 326 g/mol. The maximum Gasteiger partial charge on any atom is 0.317 e. The Balaban J connectivity index is 1.82. The summed E-state index contributed by atoms with van der Waals surface area (Å²) in [5.41, 5.74) is 0.945. The lowest BCUT2D eigenvalue weighted by atomic mass is 10.1. The smallest absolute Gasteiger partial charge is 0.317 e. The number of halogens is 1. The van der Waals surface area contributed by atoms with Crippen molar-refractivity contribution in [3.05, 3.63) is 35.4 Å². The molecule has 106 valence electrons. The number of benzene rings is 1. The van der Waals surface area contributed by atoms with E-state index in [1.54, 1.807) is 24.3 Å². The van der Waals surface area contributed by atoms with Gasteiger partial charge in [0.2, 0.25) is 0 Å². The fraction of sp³-hybridized carbons (Fsp3) is 0.357. The molecule has 0 spiro atoms. The minimum absolute atomic E-state index is 0.231. The molecule has 0 N–H and O–H groups in total. The number of carbonyl (C=O) groups is 3. The van der Waals surface area contributed by atoms with Crippen molar-refractivity contribution in [3.63, 3.8) is 0 Å². The molecule has 0 bridgehead atoms. The van der Waals surface area contributed by atoms with Crippen LogP contribution in [0.25, 0.3) is 0 Å². The molecule has 20 heavy (non-hydrogen) atoms. The second-order valence-corrected chi connectivity index (χ2v) is 4.89. The first kappa shape index (κ1) is 14.7. The molecule has 0 aliphatic carbocycles. The lowest BCUT2D eigenvalue weighted by molar-refractivity contribution is -0.132. The van der Waals surface area contributed by atoms with E-state index >= 15 is 0 Å². The molecule has 0 unspecified atom stereocenters. The zero-order valence-corrected chi connectivity index (χ0v) is 12.4. The molecule has 1 aliphatic rings. The van der Waals surface area contributed by atoms with Crippen LogP contribution in [0.1, 0.15) is 46.4 Å². The highest BCUT2D eigenvalue weighted by atomic mass is 79.9. The molecule has 1 aliphatic heterocycles. The minimum Gasteiger partial charge on any atom is -0.384 e. The first-order valence-corrected chi connectivity index (χ1v) is 7.06. The molecule has 2 rings (SSSR count). The van der Waals surface area contributed by atoms with Crippen LogP contribution in [-0.4, -0.2) is 29.2 Å². The predicted molar refractivity (Wildman–Crippen MR) is 75.3 cm³/mol. The minimum atomic E-state index is -0.314. The van der Waals surface area contributed by atoms with Crippen LogP contribution in [0.2, 0.25) is 0 Å². The van der Waals surface area contributed by atoms with E-state index < -0.39 is 0 Å². The monoisotopic (exact) mass is 339 g/mol. The predicted octanol–water partition coefficient (Wildman–Crippen LogP) is 2.70. The summed E-state index contributed by atoms with van der Waals surface area (Å²) in [5, 5.41) is 0. The highest BCUT2D eigenvalue weighted by Gasteiger charge is 2.34. The maximum atomic E-state index is 12.1. The Kier molecular flexibility index (Phi) is 4.89. The van der Waals surface area contributed by atoms with Crippen molar-refractivity contribution < 1.29 is 18.2 Å². The molecular formula is C14H14BrNO4. The van der Waals surface area contributed by atoms with Crippen LogP contribution in [0.5, 0.6) is 0 Å². The third-order valence-corrected chi connectivity index (χ3v) is 3.59. The summed E-state index contributed by atoms with van der Waals surface area (Å²) in [6.07, 6.45) is 2.44. The number of hydrogen-bond donors (Lipinski definition) is 0. The van der Waals surface area contributed by atoms with Gasteiger partial charge in [0.15, 0.2) is 16.3 Å². The molecule has 1 aromatic rings. The molecule has 0 saturated heterocycles. The van der Waals surface area contributed by atoms with Crippen LogP contribution >= 0.6 is 16.3 Å². The average Bonchev–Trinajstić information content (AvgIpc) is 2.71. The second kappa shape index (κ2) is 6.65. The molecule has 0 saturated carbocycles. The van der Waals surface area contributed by atoms with Crippen LogP contribution in [0.4, 0.5) is 0 Å². The fourth-order valence-corrected chi connectivity index (χ4v) is 2.36. The standard InChI is InChI=1S/C14H14BrNO4/c15-20-12(17)8-2-1-5-9-16-13(18)10-6-3-4-7-11(10)14(16)19/h3-4,6-7H,1-2,5,8-9H2. The summed E-state index contributed by atoms with van der Waals surface area (Å²) in [6.45, 7) is 0.385. The molecule has 5 nitrogen and oxygen atoms in total. The number of amides is 2. The summed E-state index contributed by atoms with van der Waals surface area (Å²) >= 11 is 2.62. The van der Waals surface area contributed by atoms with Crippen molar-refractivity contribution in [2.24, 2.45) is 0 Å². The molecule has 1 aromatic carbocycles. The van der Waals surface area contributed by atoms with Crippen LogP contribution in [0.3, 0.4) is 0 Å². The van der Waals surface area contributed by atoms with E-state index in [1.807, 2.05) is 0 Å². The van der Waals surface area contributed by atoms with Crippen LogP contribution < -0.4 is 0 Å². The molecule has 6 heteroatoms. The Morgan fingerprint density at radius 2 is 1.65 bits per heavy atom. The zero-order chi connectivity index (χ0) is 14.5. The van der Waals surface area contributed by atoms with Crippen LogP contribution in [-0.2, 0) is 8.62 Å². The first-order chi connectivity index (χ1) is 9.65. The third-order valence-electron chi connectivity index (χ3n) is 3.23. The maximum absolute atomic E-state index is 12.1. The Hall–Kier alpha value is -1.69. The van der Waals surface area contributed by atoms with Gasteiger partial charge in [-0.3, -0.25) is 19.3 Å². The number of imide groups is 1. The highest BCUT2D eigenvalue weighted by Crippen LogP contribution is 2.22. The number of nitrogens with zero attached hydrogens (tertiary/aromatic N) is 1. The van der Waals surface area contributed by atoms with Gasteiger partial charge in [0.25, 0.3) is 11.8 Å². The summed E-state index contributed by atoms with van der Waals surface area (Å²) in [6, 6.07) is 6.84. The van der Waals surface area contributed by atoms with E-state index in [4.69, 9.17) is 0 Å². The lowest BCUT2D eigenvalue weighted by Crippen LogP contribution is -2.30. The summed E-state index contributed by atoms with van der Waals surface area (Å²) in [4.78, 5) is 36.3. The van der Waals surface area contributed by atoms with E-state index in [0.29, 0.717) is 36.9 Å². The highest BCUT2D eigenvalue weighted by molar-refractivity contribution is 9.06. The zero-order valence-electron chi connectivity index (χ0n) is 10.8. The van der Waals surface area contributed by atoms with Crippen molar-refractivity contribution in [2.75, 3.05) is 6.54 Å². The first-order valence-electron chi connectivity index (χ1n) is 6.42. The number of fused-ring (bicyclic) bond motifs is 1. The van der Waals surface area contributed by atoms with E-state index in [1.165, 1.54) is 4.90 Å². The molecule has 1 heterocycles. The van der Waals surface area contributed by atoms with Crippen molar-refractivity contribution in [3.8, 4) is 0 Å². The largest absolute Gasteiger partial charge is 0.384 e. The van der Waals surface area contributed by atoms with Crippen LogP contribution in [0, 0.1) is 0 Å². The van der Waals surface area contributed by atoms with Gasteiger partial charge in [-0.1, -0.05) is 18.6 Å². The number of rotatable bonds is 6. The van der Waals surface area contributed by atoms with Gasteiger partial charge < -0.3 is 3.83 Å². The summed E-state index contributed by atoms with van der Waals surface area (Å²) in [5.74, 6) is -0.776.